The van der Waals surface area contributed by atoms with Crippen LogP contribution in [-0.4, -0.2) is 21.1 Å². The van der Waals surface area contributed by atoms with E-state index in [9.17, 15) is 5.11 Å². The number of aliphatic hydroxyl groups excluding tert-OH is 1. The minimum Gasteiger partial charge on any atom is -0.508 e. The van der Waals surface area contributed by atoms with Gasteiger partial charge in [-0.3, -0.25) is 0 Å². The predicted molar refractivity (Wildman–Crippen MR) is 76.0 cm³/mol. The van der Waals surface area contributed by atoms with E-state index in [-0.39, 0.29) is 5.76 Å². The molecule has 0 aromatic carbocycles. The Morgan fingerprint density at radius 3 is 2.89 bits per heavy atom. The summed E-state index contributed by atoms with van der Waals surface area (Å²) >= 11 is 0. The maximum absolute atomic E-state index is 9.64. The van der Waals surface area contributed by atoms with Crippen LogP contribution in [0.1, 0.15) is 43.4 Å². The van der Waals surface area contributed by atoms with Crippen molar-refractivity contribution in [1.82, 2.24) is 9.97 Å². The smallest absolute Gasteiger partial charge is 0.223 e. The molecule has 3 rings (SSSR count). The summed E-state index contributed by atoms with van der Waals surface area (Å²) in [6, 6.07) is 0.494. The van der Waals surface area contributed by atoms with Crippen molar-refractivity contribution in [2.24, 2.45) is 0 Å². The van der Waals surface area contributed by atoms with Gasteiger partial charge in [-0.1, -0.05) is 25.3 Å². The second-order valence-electron chi connectivity index (χ2n) is 5.26. The zero-order valence-electron chi connectivity index (χ0n) is 11.0. The normalized spacial score (nSPS) is 19.5. The van der Waals surface area contributed by atoms with Gasteiger partial charge in [0.2, 0.25) is 5.95 Å². The summed E-state index contributed by atoms with van der Waals surface area (Å²) in [7, 11) is 0. The third-order valence-corrected chi connectivity index (χ3v) is 3.75. The molecular formula is C15H19N3O. The lowest BCUT2D eigenvalue weighted by molar-refractivity contribution is 0.437. The minimum absolute atomic E-state index is 0.251. The predicted octanol–water partition coefficient (Wildman–Crippen LogP) is 3.23. The number of nitrogens with zero attached hydrogens (tertiary/aromatic N) is 2. The third kappa shape index (κ3) is 2.95. The van der Waals surface area contributed by atoms with Crippen molar-refractivity contribution in [3.8, 4) is 0 Å². The molecule has 1 aromatic rings. The first-order chi connectivity index (χ1) is 9.31. The molecule has 2 aliphatic rings. The fraction of sp³-hybridized carbons (Fsp3) is 0.467. The molecule has 0 saturated heterocycles. The van der Waals surface area contributed by atoms with Gasteiger partial charge in [-0.2, -0.15) is 0 Å². The third-order valence-electron chi connectivity index (χ3n) is 3.75. The van der Waals surface area contributed by atoms with Gasteiger partial charge in [0.1, 0.15) is 5.76 Å². The van der Waals surface area contributed by atoms with E-state index < -0.39 is 0 Å². The van der Waals surface area contributed by atoms with Crippen LogP contribution in [0, 0.1) is 0 Å². The monoisotopic (exact) mass is 257 g/mol. The van der Waals surface area contributed by atoms with E-state index in [2.05, 4.69) is 15.3 Å². The van der Waals surface area contributed by atoms with Crippen LogP contribution in [0.4, 0.5) is 5.95 Å². The highest BCUT2D eigenvalue weighted by molar-refractivity contribution is 5.56. The van der Waals surface area contributed by atoms with E-state index in [0.717, 1.165) is 17.7 Å². The number of hydrogen-bond donors (Lipinski definition) is 2. The molecule has 4 nitrogen and oxygen atoms in total. The second-order valence-corrected chi connectivity index (χ2v) is 5.26. The molecule has 0 atom stereocenters. The summed E-state index contributed by atoms with van der Waals surface area (Å²) in [5, 5.41) is 13.1. The van der Waals surface area contributed by atoms with E-state index in [1.807, 2.05) is 12.3 Å². The van der Waals surface area contributed by atoms with Crippen molar-refractivity contribution in [1.29, 1.82) is 0 Å². The fourth-order valence-corrected chi connectivity index (χ4v) is 2.70. The molecule has 0 aliphatic heterocycles. The van der Waals surface area contributed by atoms with Crippen LogP contribution in [0.5, 0.6) is 0 Å². The van der Waals surface area contributed by atoms with Crippen molar-refractivity contribution < 1.29 is 5.11 Å². The Morgan fingerprint density at radius 2 is 2.05 bits per heavy atom. The molecule has 1 saturated carbocycles. The molecular weight excluding hydrogens is 238 g/mol. The second kappa shape index (κ2) is 5.43. The van der Waals surface area contributed by atoms with Crippen LogP contribution in [0.2, 0.25) is 0 Å². The zero-order chi connectivity index (χ0) is 13.1. The Morgan fingerprint density at radius 1 is 1.21 bits per heavy atom. The first-order valence-electron chi connectivity index (χ1n) is 7.01. The van der Waals surface area contributed by atoms with Crippen molar-refractivity contribution in [3.05, 3.63) is 35.4 Å². The number of fused-ring (bicyclic) bond motifs is 1. The average molecular weight is 257 g/mol. The first kappa shape index (κ1) is 12.2. The number of rotatable bonds is 2. The van der Waals surface area contributed by atoms with Crippen LogP contribution >= 0.6 is 0 Å². The molecule has 0 amide bonds. The molecule has 1 heterocycles. The average Bonchev–Trinajstić information content (AvgIpc) is 2.60. The van der Waals surface area contributed by atoms with Crippen LogP contribution in [0.15, 0.2) is 24.1 Å². The largest absolute Gasteiger partial charge is 0.508 e. The lowest BCUT2D eigenvalue weighted by Gasteiger charge is -2.22. The number of anilines is 1. The summed E-state index contributed by atoms with van der Waals surface area (Å²) in [6.07, 6.45) is 14.3. The van der Waals surface area contributed by atoms with E-state index in [1.54, 1.807) is 12.2 Å². The van der Waals surface area contributed by atoms with Gasteiger partial charge in [-0.15, -0.1) is 0 Å². The van der Waals surface area contributed by atoms with Crippen molar-refractivity contribution in [2.45, 2.75) is 44.6 Å². The zero-order valence-corrected chi connectivity index (χ0v) is 11.0. The molecule has 1 aromatic heterocycles. The van der Waals surface area contributed by atoms with Crippen LogP contribution in [0.3, 0.4) is 0 Å². The van der Waals surface area contributed by atoms with Crippen molar-refractivity contribution in [2.75, 3.05) is 5.32 Å². The minimum atomic E-state index is 0.251. The highest BCUT2D eigenvalue weighted by Gasteiger charge is 2.15. The summed E-state index contributed by atoms with van der Waals surface area (Å²) in [5.74, 6) is 0.928. The molecule has 19 heavy (non-hydrogen) atoms. The molecule has 0 bridgehead atoms. The SMILES string of the molecule is OC1=Cc2nc(NC3CCCCC3)ncc2CC=C1. The van der Waals surface area contributed by atoms with Gasteiger partial charge in [0, 0.05) is 23.9 Å². The molecule has 0 radical (unpaired) electrons. The summed E-state index contributed by atoms with van der Waals surface area (Å²) in [4.78, 5) is 8.91. The lowest BCUT2D eigenvalue weighted by atomic mass is 9.96. The number of aromatic nitrogens is 2. The maximum Gasteiger partial charge on any atom is 0.223 e. The highest BCUT2D eigenvalue weighted by atomic mass is 16.3. The van der Waals surface area contributed by atoms with Crippen molar-refractivity contribution in [3.63, 3.8) is 0 Å². The van der Waals surface area contributed by atoms with Gasteiger partial charge in [0.25, 0.3) is 0 Å². The molecule has 4 heteroatoms. The number of aliphatic hydroxyl groups is 1. The van der Waals surface area contributed by atoms with Crippen molar-refractivity contribution >= 4 is 12.0 Å². The molecule has 2 aliphatic carbocycles. The van der Waals surface area contributed by atoms with Crippen LogP contribution in [0.25, 0.3) is 6.08 Å². The standard InChI is InChI=1S/C15H19N3O/c19-13-8-4-5-11-10-16-15(18-14(11)9-13)17-12-6-2-1-3-7-12/h4,8-10,12,19H,1-3,5-7H2,(H,16,17,18). The Hall–Kier alpha value is -1.84. The Bertz CT molecular complexity index is 516. The molecule has 0 spiro atoms. The van der Waals surface area contributed by atoms with E-state index >= 15 is 0 Å². The lowest BCUT2D eigenvalue weighted by Crippen LogP contribution is -2.23. The van der Waals surface area contributed by atoms with Gasteiger partial charge in [0.15, 0.2) is 0 Å². The Kier molecular flexibility index (Phi) is 3.49. The van der Waals surface area contributed by atoms with Crippen LogP contribution in [-0.2, 0) is 6.42 Å². The van der Waals surface area contributed by atoms with Crippen LogP contribution < -0.4 is 5.32 Å². The van der Waals surface area contributed by atoms with Gasteiger partial charge < -0.3 is 10.4 Å². The first-order valence-corrected chi connectivity index (χ1v) is 7.01. The van der Waals surface area contributed by atoms with E-state index in [4.69, 9.17) is 0 Å². The Labute approximate surface area is 113 Å². The summed E-state index contributed by atoms with van der Waals surface area (Å²) in [6.45, 7) is 0. The quantitative estimate of drug-likeness (QED) is 0.854. The Balaban J connectivity index is 1.79. The number of hydrogen-bond acceptors (Lipinski definition) is 4. The van der Waals surface area contributed by atoms with E-state index in [1.165, 1.54) is 32.1 Å². The number of nitrogens with one attached hydrogen (secondary N) is 1. The summed E-state index contributed by atoms with van der Waals surface area (Å²) < 4.78 is 0. The van der Waals surface area contributed by atoms with Gasteiger partial charge in [-0.05, 0) is 25.3 Å². The highest BCUT2D eigenvalue weighted by Crippen LogP contribution is 2.21. The molecule has 1 fully saturated rings. The molecule has 0 unspecified atom stereocenters. The maximum atomic E-state index is 9.64. The summed E-state index contributed by atoms with van der Waals surface area (Å²) in [5.41, 5.74) is 1.87. The molecule has 100 valence electrons. The number of allylic oxidation sites excluding steroid dienone is 2. The fourth-order valence-electron chi connectivity index (χ4n) is 2.70. The van der Waals surface area contributed by atoms with Gasteiger partial charge in [0.05, 0.1) is 5.69 Å². The topological polar surface area (TPSA) is 58.0 Å². The molecule has 2 N–H and O–H groups in total. The van der Waals surface area contributed by atoms with E-state index in [0.29, 0.717) is 12.0 Å². The van der Waals surface area contributed by atoms with Gasteiger partial charge >= 0.3 is 0 Å². The van der Waals surface area contributed by atoms with Gasteiger partial charge in [-0.25, -0.2) is 9.97 Å².